The first-order chi connectivity index (χ1) is 12.5. The minimum Gasteiger partial charge on any atom is -0.489 e. The molecule has 0 aliphatic rings. The van der Waals surface area contributed by atoms with Gasteiger partial charge in [-0.15, -0.1) is 0 Å². The van der Waals surface area contributed by atoms with Crippen LogP contribution in [-0.4, -0.2) is 15.7 Å². The zero-order valence-corrected chi connectivity index (χ0v) is 15.5. The number of hydrogen-bond donors (Lipinski definition) is 1. The van der Waals surface area contributed by atoms with E-state index in [4.69, 9.17) is 16.3 Å². The molecule has 134 valence electrons. The fraction of sp³-hybridized carbons (Fsp3) is 0.200. The number of amides is 1. The van der Waals surface area contributed by atoms with E-state index in [1.807, 2.05) is 50.4 Å². The van der Waals surface area contributed by atoms with Crippen molar-refractivity contribution >= 4 is 17.5 Å². The van der Waals surface area contributed by atoms with Gasteiger partial charge in [0, 0.05) is 23.8 Å². The average molecular weight is 370 g/mol. The van der Waals surface area contributed by atoms with E-state index in [0.29, 0.717) is 23.7 Å². The van der Waals surface area contributed by atoms with Gasteiger partial charge in [-0.05, 0) is 54.4 Å². The van der Waals surface area contributed by atoms with Gasteiger partial charge in [-0.3, -0.25) is 9.48 Å². The number of ether oxygens (including phenoxy) is 1. The molecule has 0 bridgehead atoms. The zero-order valence-electron chi connectivity index (χ0n) is 14.7. The predicted octanol–water partition coefficient (Wildman–Crippen LogP) is 3.89. The first-order valence-electron chi connectivity index (χ1n) is 8.26. The van der Waals surface area contributed by atoms with Gasteiger partial charge in [0.25, 0.3) is 5.91 Å². The summed E-state index contributed by atoms with van der Waals surface area (Å²) in [6, 6.07) is 14.8. The van der Waals surface area contributed by atoms with Gasteiger partial charge in [0.15, 0.2) is 0 Å². The molecule has 0 unspecified atom stereocenters. The molecule has 5 nitrogen and oxygen atoms in total. The molecule has 1 N–H and O–H groups in total. The fourth-order valence-corrected chi connectivity index (χ4v) is 2.81. The van der Waals surface area contributed by atoms with Crippen LogP contribution < -0.4 is 10.1 Å². The number of nitrogens with one attached hydrogen (secondary N) is 1. The van der Waals surface area contributed by atoms with Gasteiger partial charge in [-0.1, -0.05) is 23.7 Å². The standard InChI is InChI=1S/C20H20ClN3O2/c1-14-10-17(21)6-7-19(14)26-13-15-4-3-5-16(11-15)20(25)22-12-18-8-9-23-24(18)2/h3-11H,12-13H2,1-2H3,(H,22,25). The summed E-state index contributed by atoms with van der Waals surface area (Å²) in [6.07, 6.45) is 1.71. The van der Waals surface area contributed by atoms with E-state index in [0.717, 1.165) is 22.6 Å². The van der Waals surface area contributed by atoms with Crippen molar-refractivity contribution in [2.24, 2.45) is 7.05 Å². The molecule has 0 spiro atoms. The highest BCUT2D eigenvalue weighted by Gasteiger charge is 2.08. The Hall–Kier alpha value is -2.79. The molecule has 1 amide bonds. The van der Waals surface area contributed by atoms with Crippen molar-refractivity contribution < 1.29 is 9.53 Å². The van der Waals surface area contributed by atoms with Gasteiger partial charge in [0.05, 0.1) is 12.2 Å². The largest absolute Gasteiger partial charge is 0.489 e. The van der Waals surface area contributed by atoms with Crippen molar-refractivity contribution in [1.82, 2.24) is 15.1 Å². The lowest BCUT2D eigenvalue weighted by atomic mass is 10.1. The summed E-state index contributed by atoms with van der Waals surface area (Å²) in [5, 5.41) is 7.67. The number of benzene rings is 2. The molecular formula is C20H20ClN3O2. The smallest absolute Gasteiger partial charge is 0.251 e. The number of carbonyl (C=O) groups is 1. The van der Waals surface area contributed by atoms with Crippen LogP contribution in [0.1, 0.15) is 27.2 Å². The number of aryl methyl sites for hydroxylation is 2. The van der Waals surface area contributed by atoms with E-state index < -0.39 is 0 Å². The molecule has 26 heavy (non-hydrogen) atoms. The van der Waals surface area contributed by atoms with E-state index in [1.165, 1.54) is 0 Å². The predicted molar refractivity (Wildman–Crippen MR) is 101 cm³/mol. The van der Waals surface area contributed by atoms with Crippen LogP contribution in [-0.2, 0) is 20.2 Å². The highest BCUT2D eigenvalue weighted by Crippen LogP contribution is 2.22. The average Bonchev–Trinajstić information content (AvgIpc) is 3.04. The second kappa shape index (κ2) is 8.06. The van der Waals surface area contributed by atoms with Crippen LogP contribution in [0.15, 0.2) is 54.7 Å². The summed E-state index contributed by atoms with van der Waals surface area (Å²) < 4.78 is 7.58. The van der Waals surface area contributed by atoms with Gasteiger partial charge in [0.2, 0.25) is 0 Å². The lowest BCUT2D eigenvalue weighted by Gasteiger charge is -2.11. The van der Waals surface area contributed by atoms with Gasteiger partial charge < -0.3 is 10.1 Å². The minimum absolute atomic E-state index is 0.129. The Labute approximate surface area is 157 Å². The number of carbonyl (C=O) groups excluding carboxylic acids is 1. The van der Waals surface area contributed by atoms with Crippen LogP contribution in [0, 0.1) is 6.92 Å². The van der Waals surface area contributed by atoms with E-state index in [2.05, 4.69) is 10.4 Å². The topological polar surface area (TPSA) is 56.1 Å². The van der Waals surface area contributed by atoms with E-state index in [-0.39, 0.29) is 5.91 Å². The number of rotatable bonds is 6. The maximum absolute atomic E-state index is 12.4. The van der Waals surface area contributed by atoms with Crippen LogP contribution in [0.4, 0.5) is 0 Å². The molecule has 0 fully saturated rings. The summed E-state index contributed by atoms with van der Waals surface area (Å²) >= 11 is 5.96. The van der Waals surface area contributed by atoms with E-state index >= 15 is 0 Å². The first-order valence-corrected chi connectivity index (χ1v) is 8.63. The Morgan fingerprint density at radius 2 is 2.08 bits per heavy atom. The van der Waals surface area contributed by atoms with Crippen LogP contribution in [0.5, 0.6) is 5.75 Å². The maximum Gasteiger partial charge on any atom is 0.251 e. The SMILES string of the molecule is Cc1cc(Cl)ccc1OCc1cccc(C(=O)NCc2ccnn2C)c1. The first kappa shape index (κ1) is 18.0. The maximum atomic E-state index is 12.4. The molecule has 0 saturated carbocycles. The Bertz CT molecular complexity index is 921. The fourth-order valence-electron chi connectivity index (χ4n) is 2.59. The van der Waals surface area contributed by atoms with Crippen LogP contribution in [0.3, 0.4) is 0 Å². The zero-order chi connectivity index (χ0) is 18.5. The molecule has 0 atom stereocenters. The second-order valence-electron chi connectivity index (χ2n) is 6.03. The lowest BCUT2D eigenvalue weighted by molar-refractivity contribution is 0.0950. The molecule has 0 saturated heterocycles. The van der Waals surface area contributed by atoms with Crippen molar-refractivity contribution in [2.75, 3.05) is 0 Å². The molecule has 1 aromatic heterocycles. The molecule has 3 rings (SSSR count). The van der Waals surface area contributed by atoms with Crippen molar-refractivity contribution in [3.8, 4) is 5.75 Å². The number of halogens is 1. The Morgan fingerprint density at radius 3 is 2.81 bits per heavy atom. The molecule has 1 heterocycles. The van der Waals surface area contributed by atoms with E-state index in [9.17, 15) is 4.79 Å². The summed E-state index contributed by atoms with van der Waals surface area (Å²) in [4.78, 5) is 12.4. The highest BCUT2D eigenvalue weighted by atomic mass is 35.5. The molecular weight excluding hydrogens is 350 g/mol. The van der Waals surface area contributed by atoms with Gasteiger partial charge >= 0.3 is 0 Å². The van der Waals surface area contributed by atoms with Crippen molar-refractivity contribution in [1.29, 1.82) is 0 Å². The normalized spacial score (nSPS) is 10.6. The third-order valence-electron chi connectivity index (χ3n) is 4.07. The van der Waals surface area contributed by atoms with Gasteiger partial charge in [0.1, 0.15) is 12.4 Å². The summed E-state index contributed by atoms with van der Waals surface area (Å²) in [6.45, 7) is 2.76. The molecule has 0 aliphatic carbocycles. The highest BCUT2D eigenvalue weighted by molar-refractivity contribution is 6.30. The molecule has 0 radical (unpaired) electrons. The molecule has 3 aromatic rings. The molecule has 6 heteroatoms. The molecule has 0 aliphatic heterocycles. The summed E-state index contributed by atoms with van der Waals surface area (Å²) in [5.41, 5.74) is 3.44. The quantitative estimate of drug-likeness (QED) is 0.717. The monoisotopic (exact) mass is 369 g/mol. The van der Waals surface area contributed by atoms with Gasteiger partial charge in [-0.25, -0.2) is 0 Å². The third-order valence-corrected chi connectivity index (χ3v) is 4.31. The van der Waals surface area contributed by atoms with E-state index in [1.54, 1.807) is 23.0 Å². The van der Waals surface area contributed by atoms with Gasteiger partial charge in [-0.2, -0.15) is 5.10 Å². The summed E-state index contributed by atoms with van der Waals surface area (Å²) in [5.74, 6) is 0.649. The Morgan fingerprint density at radius 1 is 1.23 bits per heavy atom. The number of aromatic nitrogens is 2. The summed E-state index contributed by atoms with van der Waals surface area (Å²) in [7, 11) is 1.85. The van der Waals surface area contributed by atoms with Crippen molar-refractivity contribution in [3.05, 3.63) is 82.1 Å². The van der Waals surface area contributed by atoms with Crippen LogP contribution >= 0.6 is 11.6 Å². The van der Waals surface area contributed by atoms with Crippen LogP contribution in [0.25, 0.3) is 0 Å². The van der Waals surface area contributed by atoms with Crippen LogP contribution in [0.2, 0.25) is 5.02 Å². The molecule has 2 aromatic carbocycles. The third kappa shape index (κ3) is 4.43. The van der Waals surface area contributed by atoms with Crippen molar-refractivity contribution in [3.63, 3.8) is 0 Å². The minimum atomic E-state index is -0.129. The lowest BCUT2D eigenvalue weighted by Crippen LogP contribution is -2.24. The van der Waals surface area contributed by atoms with Crippen molar-refractivity contribution in [2.45, 2.75) is 20.1 Å². The second-order valence-corrected chi connectivity index (χ2v) is 6.46. The Kier molecular flexibility index (Phi) is 5.58. The number of hydrogen-bond acceptors (Lipinski definition) is 3. The Balaban J connectivity index is 1.62. The number of nitrogens with zero attached hydrogens (tertiary/aromatic N) is 2.